The molecule has 7 heteroatoms. The van der Waals surface area contributed by atoms with Crippen LogP contribution < -0.4 is 10.2 Å². The number of nitrogens with one attached hydrogen (secondary N) is 1. The SMILES string of the molecule is O=C(N/N=C/c1cccc(OC(=O)c2ccco2)c1)c1ccccn1. The molecule has 0 atom stereocenters. The van der Waals surface area contributed by atoms with Crippen LogP contribution in [0.3, 0.4) is 0 Å². The Morgan fingerprint density at radius 1 is 1.12 bits per heavy atom. The van der Waals surface area contributed by atoms with E-state index in [4.69, 9.17) is 9.15 Å². The number of rotatable bonds is 5. The zero-order valence-corrected chi connectivity index (χ0v) is 13.0. The average Bonchev–Trinajstić information content (AvgIpc) is 3.17. The summed E-state index contributed by atoms with van der Waals surface area (Å²) in [5.41, 5.74) is 3.28. The van der Waals surface area contributed by atoms with E-state index in [-0.39, 0.29) is 11.5 Å². The molecule has 3 rings (SSSR count). The van der Waals surface area contributed by atoms with E-state index in [1.807, 2.05) is 0 Å². The highest BCUT2D eigenvalue weighted by Gasteiger charge is 2.11. The van der Waals surface area contributed by atoms with Crippen LogP contribution in [0.1, 0.15) is 26.6 Å². The monoisotopic (exact) mass is 335 g/mol. The van der Waals surface area contributed by atoms with Crippen LogP contribution in [0.5, 0.6) is 5.75 Å². The molecule has 124 valence electrons. The molecule has 0 fully saturated rings. The largest absolute Gasteiger partial charge is 0.457 e. The van der Waals surface area contributed by atoms with Crippen molar-refractivity contribution < 1.29 is 18.7 Å². The van der Waals surface area contributed by atoms with Crippen LogP contribution in [0.4, 0.5) is 0 Å². The minimum absolute atomic E-state index is 0.113. The van der Waals surface area contributed by atoms with Gasteiger partial charge in [0.05, 0.1) is 12.5 Å². The standard InChI is InChI=1S/C18H13N3O4/c22-17(15-7-1-2-9-19-15)21-20-12-13-5-3-6-14(11-13)25-18(23)16-8-4-10-24-16/h1-12H,(H,21,22)/b20-12+. The minimum Gasteiger partial charge on any atom is -0.457 e. The second-order valence-electron chi connectivity index (χ2n) is 4.85. The van der Waals surface area contributed by atoms with Crippen molar-refractivity contribution in [1.29, 1.82) is 0 Å². The molecular formula is C18H13N3O4. The number of hydrogen-bond acceptors (Lipinski definition) is 6. The summed E-state index contributed by atoms with van der Waals surface area (Å²) in [6.45, 7) is 0. The van der Waals surface area contributed by atoms with Gasteiger partial charge in [-0.15, -0.1) is 0 Å². The summed E-state index contributed by atoms with van der Waals surface area (Å²) in [7, 11) is 0. The van der Waals surface area contributed by atoms with Gasteiger partial charge in [0.15, 0.2) is 0 Å². The van der Waals surface area contributed by atoms with E-state index < -0.39 is 11.9 Å². The summed E-state index contributed by atoms with van der Waals surface area (Å²) in [5.74, 6) is -0.567. The maximum absolute atomic E-state index is 11.8. The number of aromatic nitrogens is 1. The van der Waals surface area contributed by atoms with Crippen LogP contribution in [0.15, 0.2) is 76.6 Å². The first-order valence-electron chi connectivity index (χ1n) is 7.32. The number of carbonyl (C=O) groups excluding carboxylic acids is 2. The first kappa shape index (κ1) is 16.1. The molecule has 1 aromatic carbocycles. The Hall–Kier alpha value is -3.74. The van der Waals surface area contributed by atoms with E-state index >= 15 is 0 Å². The Balaban J connectivity index is 1.61. The van der Waals surface area contributed by atoms with E-state index in [9.17, 15) is 9.59 Å². The van der Waals surface area contributed by atoms with Gasteiger partial charge < -0.3 is 9.15 Å². The average molecular weight is 335 g/mol. The van der Waals surface area contributed by atoms with Crippen molar-refractivity contribution in [2.75, 3.05) is 0 Å². The number of pyridine rings is 1. The van der Waals surface area contributed by atoms with Crippen molar-refractivity contribution in [1.82, 2.24) is 10.4 Å². The lowest BCUT2D eigenvalue weighted by Gasteiger charge is -2.03. The number of esters is 1. The van der Waals surface area contributed by atoms with Gasteiger partial charge in [0.25, 0.3) is 5.91 Å². The molecule has 3 aromatic rings. The number of ether oxygens (including phenoxy) is 1. The Morgan fingerprint density at radius 2 is 2.04 bits per heavy atom. The summed E-state index contributed by atoms with van der Waals surface area (Å²) in [5, 5.41) is 3.86. The second kappa shape index (κ2) is 7.69. The molecule has 1 N–H and O–H groups in total. The number of furan rings is 1. The fourth-order valence-electron chi connectivity index (χ4n) is 1.93. The molecule has 25 heavy (non-hydrogen) atoms. The van der Waals surface area contributed by atoms with Crippen molar-refractivity contribution in [2.45, 2.75) is 0 Å². The third kappa shape index (κ3) is 4.38. The van der Waals surface area contributed by atoms with Crippen LogP contribution in [0.25, 0.3) is 0 Å². The van der Waals surface area contributed by atoms with Gasteiger partial charge in [0.1, 0.15) is 11.4 Å². The molecule has 2 heterocycles. The number of hydrazone groups is 1. The van der Waals surface area contributed by atoms with Gasteiger partial charge in [-0.05, 0) is 42.0 Å². The third-order valence-electron chi connectivity index (χ3n) is 3.07. The zero-order chi connectivity index (χ0) is 17.5. The van der Waals surface area contributed by atoms with Crippen LogP contribution >= 0.6 is 0 Å². The number of benzene rings is 1. The van der Waals surface area contributed by atoms with Gasteiger partial charge in [-0.25, -0.2) is 10.2 Å². The second-order valence-corrected chi connectivity index (χ2v) is 4.85. The lowest BCUT2D eigenvalue weighted by atomic mass is 10.2. The molecule has 0 aliphatic heterocycles. The molecule has 0 aliphatic rings. The van der Waals surface area contributed by atoms with E-state index in [0.29, 0.717) is 11.3 Å². The summed E-state index contributed by atoms with van der Waals surface area (Å²) < 4.78 is 10.2. The first-order valence-corrected chi connectivity index (χ1v) is 7.32. The van der Waals surface area contributed by atoms with Crippen LogP contribution in [0.2, 0.25) is 0 Å². The smallest absolute Gasteiger partial charge is 0.379 e. The molecule has 1 amide bonds. The molecule has 0 saturated heterocycles. The normalized spacial score (nSPS) is 10.6. The molecule has 0 unspecified atom stereocenters. The fourth-order valence-corrected chi connectivity index (χ4v) is 1.93. The molecule has 0 aliphatic carbocycles. The molecule has 7 nitrogen and oxygen atoms in total. The van der Waals surface area contributed by atoms with Crippen molar-refractivity contribution in [3.63, 3.8) is 0 Å². The molecule has 0 saturated carbocycles. The van der Waals surface area contributed by atoms with Crippen molar-refractivity contribution >= 4 is 18.1 Å². The highest BCUT2D eigenvalue weighted by molar-refractivity contribution is 5.93. The summed E-state index contributed by atoms with van der Waals surface area (Å²) in [6, 6.07) is 14.8. The van der Waals surface area contributed by atoms with Gasteiger partial charge in [0.2, 0.25) is 5.76 Å². The van der Waals surface area contributed by atoms with E-state index in [1.165, 1.54) is 24.7 Å². The van der Waals surface area contributed by atoms with Crippen LogP contribution in [-0.4, -0.2) is 23.1 Å². The minimum atomic E-state index is -0.595. The Morgan fingerprint density at radius 3 is 2.80 bits per heavy atom. The maximum Gasteiger partial charge on any atom is 0.379 e. The van der Waals surface area contributed by atoms with Crippen molar-refractivity contribution in [2.24, 2.45) is 5.10 Å². The van der Waals surface area contributed by atoms with E-state index in [2.05, 4.69) is 15.5 Å². The van der Waals surface area contributed by atoms with E-state index in [1.54, 1.807) is 48.5 Å². The quantitative estimate of drug-likeness (QED) is 0.335. The molecule has 0 spiro atoms. The predicted octanol–water partition coefficient (Wildman–Crippen LogP) is 2.66. The van der Waals surface area contributed by atoms with Gasteiger partial charge in [-0.3, -0.25) is 9.78 Å². The molecule has 0 radical (unpaired) electrons. The highest BCUT2D eigenvalue weighted by atomic mass is 16.5. The molecule has 0 bridgehead atoms. The van der Waals surface area contributed by atoms with Gasteiger partial charge in [-0.2, -0.15) is 5.10 Å². The van der Waals surface area contributed by atoms with Crippen molar-refractivity contribution in [3.05, 3.63) is 84.1 Å². The third-order valence-corrected chi connectivity index (χ3v) is 3.07. The summed E-state index contributed by atoms with van der Waals surface area (Å²) in [4.78, 5) is 27.6. The summed E-state index contributed by atoms with van der Waals surface area (Å²) in [6.07, 6.45) is 4.35. The van der Waals surface area contributed by atoms with Crippen LogP contribution in [-0.2, 0) is 0 Å². The Labute approximate surface area is 143 Å². The maximum atomic E-state index is 11.8. The molecular weight excluding hydrogens is 322 g/mol. The van der Waals surface area contributed by atoms with Gasteiger partial charge in [-0.1, -0.05) is 18.2 Å². The fraction of sp³-hybridized carbons (Fsp3) is 0. The topological polar surface area (TPSA) is 93.8 Å². The lowest BCUT2D eigenvalue weighted by Crippen LogP contribution is -2.18. The summed E-state index contributed by atoms with van der Waals surface area (Å²) >= 11 is 0. The first-order chi connectivity index (χ1) is 12.2. The Bertz CT molecular complexity index is 890. The van der Waals surface area contributed by atoms with Crippen LogP contribution in [0, 0.1) is 0 Å². The van der Waals surface area contributed by atoms with Crippen molar-refractivity contribution in [3.8, 4) is 5.75 Å². The number of hydrogen-bond donors (Lipinski definition) is 1. The predicted molar refractivity (Wildman–Crippen MR) is 89.4 cm³/mol. The zero-order valence-electron chi connectivity index (χ0n) is 13.0. The lowest BCUT2D eigenvalue weighted by molar-refractivity contribution is 0.0701. The Kier molecular flexibility index (Phi) is 4.96. The molecule has 2 aromatic heterocycles. The van der Waals surface area contributed by atoms with Gasteiger partial charge >= 0.3 is 5.97 Å². The van der Waals surface area contributed by atoms with E-state index in [0.717, 1.165) is 0 Å². The van der Waals surface area contributed by atoms with Gasteiger partial charge in [0, 0.05) is 6.20 Å². The number of amides is 1. The number of carbonyl (C=O) groups is 2. The highest BCUT2D eigenvalue weighted by Crippen LogP contribution is 2.14. The number of nitrogens with zero attached hydrogens (tertiary/aromatic N) is 2.